The first kappa shape index (κ1) is 22.9. The molecule has 1 N–H and O–H groups in total. The van der Waals surface area contributed by atoms with Crippen molar-refractivity contribution in [2.24, 2.45) is 0 Å². The van der Waals surface area contributed by atoms with Crippen molar-refractivity contribution >= 4 is 20.2 Å². The predicted molar refractivity (Wildman–Crippen MR) is 111 cm³/mol. The Hall–Kier alpha value is -1.90. The summed E-state index contributed by atoms with van der Waals surface area (Å²) in [6, 6.07) is 12.0. The van der Waals surface area contributed by atoms with Gasteiger partial charge in [-0.2, -0.15) is 16.8 Å². The van der Waals surface area contributed by atoms with Gasteiger partial charge in [-0.15, -0.1) is 0 Å². The van der Waals surface area contributed by atoms with Gasteiger partial charge in [-0.05, 0) is 38.1 Å². The van der Waals surface area contributed by atoms with Gasteiger partial charge in [-0.3, -0.25) is 8.37 Å². The van der Waals surface area contributed by atoms with Gasteiger partial charge >= 0.3 is 0 Å². The second kappa shape index (κ2) is 8.10. The van der Waals surface area contributed by atoms with E-state index in [1.54, 1.807) is 24.3 Å². The summed E-state index contributed by atoms with van der Waals surface area (Å²) < 4.78 is 78.8. The first-order chi connectivity index (χ1) is 15.5. The first-order valence-electron chi connectivity index (χ1n) is 10.2. The number of hydrogen-bond donors (Lipinski definition) is 1. The maximum Gasteiger partial charge on any atom is 0.297 e. The molecule has 3 heterocycles. The molecule has 33 heavy (non-hydrogen) atoms. The minimum absolute atomic E-state index is 0.0996. The first-order valence-corrected chi connectivity index (χ1v) is 13.0. The summed E-state index contributed by atoms with van der Waals surface area (Å²) in [5.41, 5.74) is 1.72. The van der Waals surface area contributed by atoms with E-state index in [4.69, 9.17) is 22.6 Å². The quantitative estimate of drug-likeness (QED) is 0.575. The van der Waals surface area contributed by atoms with Gasteiger partial charge in [0.05, 0.1) is 9.79 Å². The van der Waals surface area contributed by atoms with Crippen molar-refractivity contribution in [1.82, 2.24) is 0 Å². The summed E-state index contributed by atoms with van der Waals surface area (Å²) in [5.74, 6) is 0. The molecular weight excluding hydrogens is 476 g/mol. The van der Waals surface area contributed by atoms with Crippen molar-refractivity contribution in [1.29, 1.82) is 0 Å². The Balaban J connectivity index is 1.44. The summed E-state index contributed by atoms with van der Waals surface area (Å²) in [6.45, 7) is 2.42. The maximum absolute atomic E-state index is 12.9. The Bertz CT molecular complexity index is 1150. The third kappa shape index (κ3) is 4.10. The van der Waals surface area contributed by atoms with Crippen molar-refractivity contribution in [3.63, 3.8) is 0 Å². The fourth-order valence-corrected chi connectivity index (χ4v) is 6.31. The lowest BCUT2D eigenvalue weighted by Gasteiger charge is -2.56. The number of rotatable bonds is 6. The van der Waals surface area contributed by atoms with Crippen molar-refractivity contribution in [3.8, 4) is 0 Å². The van der Waals surface area contributed by atoms with Crippen LogP contribution in [0.25, 0.3) is 0 Å². The molecule has 6 unspecified atom stereocenters. The molecule has 3 saturated heterocycles. The highest BCUT2D eigenvalue weighted by molar-refractivity contribution is 7.87. The minimum Gasteiger partial charge on any atom is -0.387 e. The van der Waals surface area contributed by atoms with Gasteiger partial charge < -0.3 is 19.3 Å². The Labute approximate surface area is 191 Å². The molecule has 2 aromatic rings. The van der Waals surface area contributed by atoms with E-state index < -0.39 is 63.3 Å². The van der Waals surface area contributed by atoms with Crippen LogP contribution in [-0.4, -0.2) is 65.0 Å². The molecule has 0 radical (unpaired) electrons. The summed E-state index contributed by atoms with van der Waals surface area (Å²) in [5, 5.41) is 10.7. The van der Waals surface area contributed by atoms with Crippen molar-refractivity contribution in [2.75, 3.05) is 0 Å². The summed E-state index contributed by atoms with van der Waals surface area (Å²) in [4.78, 5) is -0.199. The zero-order chi connectivity index (χ0) is 23.5. The van der Waals surface area contributed by atoms with Crippen LogP contribution in [0.2, 0.25) is 0 Å². The number of aliphatic hydroxyl groups excluding tert-OH is 1. The normalized spacial score (nSPS) is 33.4. The zero-order valence-corrected chi connectivity index (χ0v) is 19.2. The standard InChI is InChI=1S/C21H22O10S2/c1-11-3-7-13(8-4-11)32(23,24)30-19-16-15(22)17-20(18(19)29-21(27-16)28-17)31-33(25,26)14-9-5-12(2)6-10-14/h3-10,15-22H,1-2H3/t15?,16-,17?,18?,19?,20?,21?/m1/s1. The highest BCUT2D eigenvalue weighted by Crippen LogP contribution is 2.44. The SMILES string of the molecule is Cc1ccc(S(=O)(=O)OC2C3OC4OC2C(OS(=O)(=O)c2ccc(C)cc2)[C@H](O4)C3O)cc1. The van der Waals surface area contributed by atoms with E-state index in [-0.39, 0.29) is 9.79 Å². The smallest absolute Gasteiger partial charge is 0.297 e. The van der Waals surface area contributed by atoms with Crippen LogP contribution in [0.15, 0.2) is 58.3 Å². The van der Waals surface area contributed by atoms with Gasteiger partial charge in [-0.25, -0.2) is 0 Å². The molecule has 12 heteroatoms. The highest BCUT2D eigenvalue weighted by Gasteiger charge is 2.64. The summed E-state index contributed by atoms with van der Waals surface area (Å²) >= 11 is 0. The zero-order valence-electron chi connectivity index (χ0n) is 17.6. The Morgan fingerprint density at radius 2 is 1.03 bits per heavy atom. The molecule has 4 aliphatic rings. The van der Waals surface area contributed by atoms with E-state index in [1.165, 1.54) is 24.3 Å². The third-order valence-electron chi connectivity index (χ3n) is 5.87. The van der Waals surface area contributed by atoms with Crippen molar-refractivity contribution in [3.05, 3.63) is 59.7 Å². The molecule has 2 aromatic carbocycles. The molecule has 3 aliphatic heterocycles. The highest BCUT2D eigenvalue weighted by atomic mass is 32.2. The number of aryl methyl sites for hydroxylation is 2. The van der Waals surface area contributed by atoms with Crippen LogP contribution >= 0.6 is 0 Å². The lowest BCUT2D eigenvalue weighted by molar-refractivity contribution is -0.476. The van der Waals surface area contributed by atoms with E-state index in [1.807, 2.05) is 13.8 Å². The molecule has 0 amide bonds. The van der Waals surface area contributed by atoms with E-state index in [2.05, 4.69) is 0 Å². The Morgan fingerprint density at radius 1 is 0.667 bits per heavy atom. The lowest BCUT2D eigenvalue weighted by Crippen LogP contribution is -2.76. The van der Waals surface area contributed by atoms with E-state index >= 15 is 0 Å². The fraction of sp³-hybridized carbons (Fsp3) is 0.429. The van der Waals surface area contributed by atoms with Crippen LogP contribution in [-0.2, 0) is 42.8 Å². The second-order valence-electron chi connectivity index (χ2n) is 8.24. The fourth-order valence-electron chi connectivity index (χ4n) is 4.12. The molecule has 4 bridgehead atoms. The summed E-state index contributed by atoms with van der Waals surface area (Å²) in [7, 11) is -8.57. The number of benzene rings is 2. The molecule has 6 rings (SSSR count). The molecule has 1 aliphatic carbocycles. The van der Waals surface area contributed by atoms with Crippen LogP contribution in [0.3, 0.4) is 0 Å². The van der Waals surface area contributed by atoms with Gasteiger partial charge in [-0.1, -0.05) is 35.4 Å². The van der Waals surface area contributed by atoms with E-state index in [9.17, 15) is 21.9 Å². The minimum atomic E-state index is -4.29. The number of hydrogen-bond acceptors (Lipinski definition) is 10. The van der Waals surface area contributed by atoms with Crippen LogP contribution in [0, 0.1) is 13.8 Å². The average Bonchev–Trinajstić information content (AvgIpc) is 2.76. The molecule has 1 saturated carbocycles. The van der Waals surface area contributed by atoms with Crippen LogP contribution in [0.1, 0.15) is 11.1 Å². The molecule has 0 aromatic heterocycles. The average molecular weight is 499 g/mol. The summed E-state index contributed by atoms with van der Waals surface area (Å²) in [6.07, 6.45) is -7.54. The lowest BCUT2D eigenvalue weighted by atomic mass is 9.83. The molecule has 7 atom stereocenters. The maximum atomic E-state index is 12.9. The second-order valence-corrected chi connectivity index (χ2v) is 11.4. The molecule has 0 spiro atoms. The van der Waals surface area contributed by atoms with Gasteiger partial charge in [0.15, 0.2) is 0 Å². The molecular formula is C21H22O10S2. The van der Waals surface area contributed by atoms with E-state index in [0.717, 1.165) is 11.1 Å². The topological polar surface area (TPSA) is 135 Å². The molecule has 178 valence electrons. The van der Waals surface area contributed by atoms with Crippen LogP contribution in [0.4, 0.5) is 0 Å². The van der Waals surface area contributed by atoms with Gasteiger partial charge in [0.2, 0.25) is 0 Å². The Kier molecular flexibility index (Phi) is 5.61. The van der Waals surface area contributed by atoms with Crippen molar-refractivity contribution in [2.45, 2.75) is 66.7 Å². The number of aliphatic hydroxyl groups is 1. The molecule has 10 nitrogen and oxygen atoms in total. The van der Waals surface area contributed by atoms with Gasteiger partial charge in [0.25, 0.3) is 26.7 Å². The Morgan fingerprint density at radius 3 is 1.42 bits per heavy atom. The van der Waals surface area contributed by atoms with E-state index in [0.29, 0.717) is 0 Å². The molecule has 4 fully saturated rings. The number of ether oxygens (including phenoxy) is 3. The predicted octanol–water partition coefficient (Wildman–Crippen LogP) is 0.992. The monoisotopic (exact) mass is 498 g/mol. The van der Waals surface area contributed by atoms with Gasteiger partial charge in [0.1, 0.15) is 36.6 Å². The van der Waals surface area contributed by atoms with Gasteiger partial charge in [0, 0.05) is 0 Å². The van der Waals surface area contributed by atoms with Crippen LogP contribution < -0.4 is 0 Å². The third-order valence-corrected chi connectivity index (χ3v) is 8.52. The van der Waals surface area contributed by atoms with Crippen molar-refractivity contribution < 1.29 is 44.5 Å². The van der Waals surface area contributed by atoms with Crippen LogP contribution in [0.5, 0.6) is 0 Å². The largest absolute Gasteiger partial charge is 0.387 e.